The minimum atomic E-state index is 0.0881. The summed E-state index contributed by atoms with van der Waals surface area (Å²) in [7, 11) is 1.87. The summed E-state index contributed by atoms with van der Waals surface area (Å²) in [4.78, 5) is 15.2. The minimum absolute atomic E-state index is 0.0881. The van der Waals surface area contributed by atoms with Gasteiger partial charge in [0.2, 0.25) is 11.8 Å². The second-order valence-corrected chi connectivity index (χ2v) is 9.24. The van der Waals surface area contributed by atoms with Crippen LogP contribution in [0.5, 0.6) is 11.6 Å². The molecule has 1 saturated heterocycles. The lowest BCUT2D eigenvalue weighted by Gasteiger charge is -2.26. The van der Waals surface area contributed by atoms with Crippen LogP contribution >= 0.6 is 11.6 Å². The average molecular weight is 466 g/mol. The molecular weight excluding hydrogens is 438 g/mol. The Morgan fingerprint density at radius 2 is 1.91 bits per heavy atom. The van der Waals surface area contributed by atoms with Crippen LogP contribution < -0.4 is 4.74 Å². The Balaban J connectivity index is 1.52. The Bertz CT molecular complexity index is 1100. The van der Waals surface area contributed by atoms with Crippen LogP contribution in [0.15, 0.2) is 54.6 Å². The molecule has 1 aliphatic carbocycles. The van der Waals surface area contributed by atoms with E-state index in [-0.39, 0.29) is 17.9 Å². The highest BCUT2D eigenvalue weighted by Crippen LogP contribution is 2.37. The van der Waals surface area contributed by atoms with E-state index >= 15 is 0 Å². The SMILES string of the molecule is Cn1nc(-c2ccccc2)c(CN(CC2CCCO2)C(=O)C2CC2)c1Oc1ccc(Cl)cc1. The summed E-state index contributed by atoms with van der Waals surface area (Å²) in [6, 6.07) is 17.3. The molecule has 6 nitrogen and oxygen atoms in total. The molecule has 0 bridgehead atoms. The first kappa shape index (κ1) is 22.0. The number of amides is 1. The largest absolute Gasteiger partial charge is 0.439 e. The van der Waals surface area contributed by atoms with Crippen LogP contribution in [0.4, 0.5) is 0 Å². The molecular formula is C26H28ClN3O3. The molecule has 3 aromatic rings. The van der Waals surface area contributed by atoms with Crippen LogP contribution in [0.1, 0.15) is 31.2 Å². The monoisotopic (exact) mass is 465 g/mol. The number of carbonyl (C=O) groups excluding carboxylic acids is 1. The molecule has 0 spiro atoms. The van der Waals surface area contributed by atoms with Crippen molar-refractivity contribution in [1.82, 2.24) is 14.7 Å². The minimum Gasteiger partial charge on any atom is -0.439 e. The van der Waals surface area contributed by atoms with Gasteiger partial charge in [-0.15, -0.1) is 0 Å². The highest BCUT2D eigenvalue weighted by Gasteiger charge is 2.36. The number of ether oxygens (including phenoxy) is 2. The predicted molar refractivity (Wildman–Crippen MR) is 127 cm³/mol. The number of rotatable bonds is 8. The predicted octanol–water partition coefficient (Wildman–Crippen LogP) is 5.45. The molecule has 2 heterocycles. The normalized spacial score (nSPS) is 17.8. The number of carbonyl (C=O) groups is 1. The van der Waals surface area contributed by atoms with Crippen LogP contribution in [-0.4, -0.2) is 39.8 Å². The summed E-state index contributed by atoms with van der Waals surface area (Å²) in [5.41, 5.74) is 2.71. The van der Waals surface area contributed by atoms with Crippen molar-refractivity contribution in [3.8, 4) is 22.9 Å². The Morgan fingerprint density at radius 3 is 2.58 bits per heavy atom. The number of nitrogens with zero attached hydrogens (tertiary/aromatic N) is 3. The molecule has 172 valence electrons. The van der Waals surface area contributed by atoms with Crippen molar-refractivity contribution in [2.45, 2.75) is 38.3 Å². The van der Waals surface area contributed by atoms with Crippen molar-refractivity contribution in [2.75, 3.05) is 13.2 Å². The molecule has 1 atom stereocenters. The lowest BCUT2D eigenvalue weighted by molar-refractivity contribution is -0.134. The van der Waals surface area contributed by atoms with Crippen LogP contribution in [0.25, 0.3) is 11.3 Å². The Labute approximate surface area is 199 Å². The summed E-state index contributed by atoms with van der Waals surface area (Å²) in [6.45, 7) is 1.79. The van der Waals surface area contributed by atoms with Crippen LogP contribution in [0, 0.1) is 5.92 Å². The van der Waals surface area contributed by atoms with Gasteiger partial charge in [0, 0.05) is 36.7 Å². The number of aryl methyl sites for hydroxylation is 1. The van der Waals surface area contributed by atoms with E-state index < -0.39 is 0 Å². The summed E-state index contributed by atoms with van der Waals surface area (Å²) in [5.74, 6) is 1.62. The molecule has 2 aromatic carbocycles. The Kier molecular flexibility index (Phi) is 6.38. The van der Waals surface area contributed by atoms with E-state index in [2.05, 4.69) is 0 Å². The van der Waals surface area contributed by atoms with E-state index in [9.17, 15) is 4.79 Å². The number of hydrogen-bond acceptors (Lipinski definition) is 4. The summed E-state index contributed by atoms with van der Waals surface area (Å²) < 4.78 is 13.9. The maximum Gasteiger partial charge on any atom is 0.226 e. The maximum atomic E-state index is 13.2. The first-order valence-electron chi connectivity index (χ1n) is 11.5. The van der Waals surface area contributed by atoms with Gasteiger partial charge in [-0.25, -0.2) is 4.68 Å². The van der Waals surface area contributed by atoms with Gasteiger partial charge in [-0.05, 0) is 49.9 Å². The molecule has 1 aliphatic heterocycles. The number of halogens is 1. The number of benzene rings is 2. The van der Waals surface area contributed by atoms with E-state index in [4.69, 9.17) is 26.2 Å². The second kappa shape index (κ2) is 9.57. The Morgan fingerprint density at radius 1 is 1.15 bits per heavy atom. The molecule has 7 heteroatoms. The van der Waals surface area contributed by atoms with Crippen LogP contribution in [0.2, 0.25) is 5.02 Å². The van der Waals surface area contributed by atoms with Crippen molar-refractivity contribution >= 4 is 17.5 Å². The first-order chi connectivity index (χ1) is 16.1. The van der Waals surface area contributed by atoms with Gasteiger partial charge in [0.25, 0.3) is 0 Å². The maximum absolute atomic E-state index is 13.2. The van der Waals surface area contributed by atoms with Gasteiger partial charge in [0.1, 0.15) is 11.4 Å². The van der Waals surface area contributed by atoms with Crippen molar-refractivity contribution in [3.63, 3.8) is 0 Å². The van der Waals surface area contributed by atoms with Gasteiger partial charge < -0.3 is 14.4 Å². The van der Waals surface area contributed by atoms with Gasteiger partial charge >= 0.3 is 0 Å². The van der Waals surface area contributed by atoms with Crippen molar-refractivity contribution < 1.29 is 14.3 Å². The zero-order valence-electron chi connectivity index (χ0n) is 18.7. The van der Waals surface area contributed by atoms with E-state index in [1.165, 1.54) is 0 Å². The highest BCUT2D eigenvalue weighted by atomic mass is 35.5. The summed E-state index contributed by atoms with van der Waals surface area (Å²) >= 11 is 6.05. The van der Waals surface area contributed by atoms with Gasteiger partial charge in [-0.2, -0.15) is 5.10 Å². The fraction of sp³-hybridized carbons (Fsp3) is 0.385. The van der Waals surface area contributed by atoms with E-state index in [1.807, 2.05) is 54.4 Å². The van der Waals surface area contributed by atoms with E-state index in [0.717, 1.165) is 49.1 Å². The molecule has 1 amide bonds. The molecule has 0 radical (unpaired) electrons. The van der Waals surface area contributed by atoms with Gasteiger partial charge in [-0.1, -0.05) is 41.9 Å². The van der Waals surface area contributed by atoms with Crippen LogP contribution in [-0.2, 0) is 23.1 Å². The average Bonchev–Trinajstić information content (AvgIpc) is 3.48. The lowest BCUT2D eigenvalue weighted by atomic mass is 10.1. The van der Waals surface area contributed by atoms with Crippen molar-refractivity contribution in [2.24, 2.45) is 13.0 Å². The fourth-order valence-corrected chi connectivity index (χ4v) is 4.44. The second-order valence-electron chi connectivity index (χ2n) is 8.81. The quantitative estimate of drug-likeness (QED) is 0.444. The third-order valence-corrected chi connectivity index (χ3v) is 6.45. The molecule has 2 fully saturated rings. The zero-order valence-corrected chi connectivity index (χ0v) is 19.5. The van der Waals surface area contributed by atoms with Gasteiger partial charge in [0.15, 0.2) is 0 Å². The number of hydrogen-bond donors (Lipinski definition) is 0. The summed E-state index contributed by atoms with van der Waals surface area (Å²) in [6.07, 6.45) is 4.05. The van der Waals surface area contributed by atoms with Crippen LogP contribution in [0.3, 0.4) is 0 Å². The molecule has 1 aromatic heterocycles. The van der Waals surface area contributed by atoms with E-state index in [1.54, 1.807) is 16.8 Å². The third-order valence-electron chi connectivity index (χ3n) is 6.20. The molecule has 1 saturated carbocycles. The molecule has 1 unspecified atom stereocenters. The third kappa shape index (κ3) is 5.07. The number of aromatic nitrogens is 2. The Hall–Kier alpha value is -2.83. The van der Waals surface area contributed by atoms with Crippen molar-refractivity contribution in [1.29, 1.82) is 0 Å². The standard InChI is InChI=1S/C26H28ClN3O3/c1-29-26(33-21-13-11-20(27)12-14-21)23(24(28-29)18-6-3-2-4-7-18)17-30(25(31)19-9-10-19)16-22-8-5-15-32-22/h2-4,6-7,11-14,19,22H,5,8-10,15-17H2,1H3. The van der Waals surface area contributed by atoms with E-state index in [0.29, 0.717) is 29.7 Å². The summed E-state index contributed by atoms with van der Waals surface area (Å²) in [5, 5.41) is 5.44. The highest BCUT2D eigenvalue weighted by molar-refractivity contribution is 6.30. The molecule has 2 aliphatic rings. The first-order valence-corrected chi connectivity index (χ1v) is 11.9. The zero-order chi connectivity index (χ0) is 22.8. The molecule has 0 N–H and O–H groups in total. The molecule has 33 heavy (non-hydrogen) atoms. The fourth-order valence-electron chi connectivity index (χ4n) is 4.31. The smallest absolute Gasteiger partial charge is 0.226 e. The van der Waals surface area contributed by atoms with Crippen molar-refractivity contribution in [3.05, 3.63) is 65.2 Å². The topological polar surface area (TPSA) is 56.6 Å². The lowest BCUT2D eigenvalue weighted by Crippen LogP contribution is -2.38. The van der Waals surface area contributed by atoms with Gasteiger partial charge in [0.05, 0.1) is 18.2 Å². The van der Waals surface area contributed by atoms with Gasteiger partial charge in [-0.3, -0.25) is 4.79 Å². The molecule has 5 rings (SSSR count).